The van der Waals surface area contributed by atoms with E-state index in [0.717, 1.165) is 19.8 Å². The maximum atomic E-state index is 12.5. The number of hydrogen-bond acceptors (Lipinski definition) is 2. The van der Waals surface area contributed by atoms with Crippen LogP contribution < -0.4 is 0 Å². The largest absolute Gasteiger partial charge is 0.418 e. The highest BCUT2D eigenvalue weighted by Crippen LogP contribution is 2.37. The van der Waals surface area contributed by atoms with Gasteiger partial charge in [0, 0.05) is 6.04 Å². The van der Waals surface area contributed by atoms with Crippen molar-refractivity contribution in [3.63, 3.8) is 0 Å². The molecule has 1 aliphatic rings. The van der Waals surface area contributed by atoms with E-state index >= 15 is 0 Å². The van der Waals surface area contributed by atoms with Crippen LogP contribution in [-0.2, 0) is 0 Å². The molecule has 5 heteroatoms. The number of rotatable bonds is 1. The molecule has 1 heterocycles. The van der Waals surface area contributed by atoms with Crippen molar-refractivity contribution >= 4 is 0 Å². The van der Waals surface area contributed by atoms with Crippen LogP contribution in [0.15, 0.2) is 0 Å². The number of halogens is 3. The van der Waals surface area contributed by atoms with Gasteiger partial charge in [0.1, 0.15) is 0 Å². The van der Waals surface area contributed by atoms with Gasteiger partial charge in [0.15, 0.2) is 5.60 Å². The molecule has 1 N–H and O–H groups in total. The summed E-state index contributed by atoms with van der Waals surface area (Å²) in [5.41, 5.74) is -2.60. The quantitative estimate of drug-likeness (QED) is 0.714. The Hall–Kier alpha value is -0.290. The van der Waals surface area contributed by atoms with E-state index in [-0.39, 0.29) is 0 Å². The third kappa shape index (κ3) is 2.03. The Labute approximate surface area is 81.7 Å². The zero-order valence-corrected chi connectivity index (χ0v) is 8.43. The van der Waals surface area contributed by atoms with Crippen molar-refractivity contribution < 1.29 is 18.3 Å². The highest BCUT2D eigenvalue weighted by Gasteiger charge is 2.56. The fourth-order valence-electron chi connectivity index (χ4n) is 1.97. The van der Waals surface area contributed by atoms with Crippen molar-refractivity contribution in [3.8, 4) is 0 Å². The Bertz CT molecular complexity index is 203. The summed E-state index contributed by atoms with van der Waals surface area (Å²) in [5.74, 6) is 0. The fraction of sp³-hybridized carbons (Fsp3) is 1.00. The van der Waals surface area contributed by atoms with E-state index in [2.05, 4.69) is 0 Å². The second kappa shape index (κ2) is 3.70. The zero-order chi connectivity index (χ0) is 11.0. The predicted octanol–water partition coefficient (Wildman–Crippen LogP) is 1.78. The van der Waals surface area contributed by atoms with E-state index in [1.165, 1.54) is 0 Å². The summed E-state index contributed by atoms with van der Waals surface area (Å²) in [4.78, 5) is 1.59. The first-order valence-corrected chi connectivity index (χ1v) is 4.76. The number of hydrogen-bond donors (Lipinski definition) is 1. The Morgan fingerprint density at radius 3 is 2.29 bits per heavy atom. The van der Waals surface area contributed by atoms with E-state index in [1.54, 1.807) is 11.9 Å². The van der Waals surface area contributed by atoms with Crippen LogP contribution in [0.25, 0.3) is 0 Å². The van der Waals surface area contributed by atoms with E-state index in [4.69, 9.17) is 0 Å². The van der Waals surface area contributed by atoms with Crippen molar-refractivity contribution in [1.29, 1.82) is 0 Å². The third-order valence-electron chi connectivity index (χ3n) is 2.99. The van der Waals surface area contributed by atoms with E-state index < -0.39 is 17.8 Å². The molecule has 0 aromatic carbocycles. The average Bonchev–Trinajstić information content (AvgIpc) is 2.02. The molecule has 14 heavy (non-hydrogen) atoms. The van der Waals surface area contributed by atoms with Gasteiger partial charge in [-0.2, -0.15) is 13.2 Å². The second-order valence-corrected chi connectivity index (χ2v) is 4.14. The summed E-state index contributed by atoms with van der Waals surface area (Å²) in [7, 11) is 1.63. The molecule has 1 aliphatic heterocycles. The molecule has 0 aliphatic carbocycles. The third-order valence-corrected chi connectivity index (χ3v) is 2.99. The lowest BCUT2D eigenvalue weighted by Crippen LogP contribution is -2.59. The van der Waals surface area contributed by atoms with Crippen LogP contribution in [0.3, 0.4) is 0 Å². The maximum absolute atomic E-state index is 12.5. The minimum atomic E-state index is -4.55. The van der Waals surface area contributed by atoms with Crippen LogP contribution in [0.4, 0.5) is 13.2 Å². The van der Waals surface area contributed by atoms with Crippen molar-refractivity contribution in [2.45, 2.75) is 44.0 Å². The van der Waals surface area contributed by atoms with E-state index in [0.29, 0.717) is 13.0 Å². The van der Waals surface area contributed by atoms with Gasteiger partial charge in [-0.1, -0.05) is 6.42 Å². The summed E-state index contributed by atoms with van der Waals surface area (Å²) in [6.45, 7) is 1.48. The van der Waals surface area contributed by atoms with Crippen LogP contribution in [0.1, 0.15) is 26.2 Å². The van der Waals surface area contributed by atoms with Gasteiger partial charge >= 0.3 is 6.18 Å². The molecule has 0 amide bonds. The molecule has 0 spiro atoms. The molecule has 2 atom stereocenters. The maximum Gasteiger partial charge on any atom is 0.418 e. The number of likely N-dealkylation sites (N-methyl/N-ethyl adjacent to an activating group) is 1. The van der Waals surface area contributed by atoms with Crippen LogP contribution >= 0.6 is 0 Å². The first-order valence-electron chi connectivity index (χ1n) is 4.76. The van der Waals surface area contributed by atoms with Gasteiger partial charge in [-0.15, -0.1) is 0 Å². The van der Waals surface area contributed by atoms with Gasteiger partial charge in [-0.05, 0) is 33.4 Å². The van der Waals surface area contributed by atoms with Gasteiger partial charge in [0.25, 0.3) is 0 Å². The highest BCUT2D eigenvalue weighted by molar-refractivity contribution is 4.95. The van der Waals surface area contributed by atoms with E-state index in [9.17, 15) is 18.3 Å². The van der Waals surface area contributed by atoms with Crippen molar-refractivity contribution in [2.24, 2.45) is 0 Å². The molecule has 1 fully saturated rings. The summed E-state index contributed by atoms with van der Waals surface area (Å²) >= 11 is 0. The molecular weight excluding hydrogens is 195 g/mol. The molecule has 2 nitrogen and oxygen atoms in total. The number of nitrogens with zero attached hydrogens (tertiary/aromatic N) is 1. The molecule has 84 valence electrons. The van der Waals surface area contributed by atoms with Gasteiger partial charge < -0.3 is 10.0 Å². The lowest BCUT2D eigenvalue weighted by Gasteiger charge is -2.42. The van der Waals surface area contributed by atoms with Crippen LogP contribution in [0, 0.1) is 0 Å². The number of piperidine rings is 1. The minimum Gasteiger partial charge on any atom is -0.379 e. The molecule has 1 saturated heterocycles. The van der Waals surface area contributed by atoms with E-state index in [1.807, 2.05) is 0 Å². The zero-order valence-electron chi connectivity index (χ0n) is 8.43. The van der Waals surface area contributed by atoms with Crippen LogP contribution in [0.2, 0.25) is 0 Å². The standard InChI is InChI=1S/C9H16F3NO/c1-8(14,9(10,11)12)7-5-3-4-6-13(7)2/h7,14H,3-6H2,1-2H3. The molecule has 0 bridgehead atoms. The average molecular weight is 211 g/mol. The smallest absolute Gasteiger partial charge is 0.379 e. The molecular formula is C9H16F3NO. The van der Waals surface area contributed by atoms with Crippen LogP contribution in [-0.4, -0.2) is 41.4 Å². The predicted molar refractivity (Wildman–Crippen MR) is 46.9 cm³/mol. The van der Waals surface area contributed by atoms with Crippen molar-refractivity contribution in [1.82, 2.24) is 4.90 Å². The number of aliphatic hydroxyl groups is 1. The summed E-state index contributed by atoms with van der Waals surface area (Å²) in [5, 5.41) is 9.48. The first kappa shape index (κ1) is 11.8. The van der Waals surface area contributed by atoms with Gasteiger partial charge in [0.05, 0.1) is 0 Å². The minimum absolute atomic E-state index is 0.406. The second-order valence-electron chi connectivity index (χ2n) is 4.14. The molecule has 0 aromatic rings. The Morgan fingerprint density at radius 1 is 1.29 bits per heavy atom. The summed E-state index contributed by atoms with van der Waals surface area (Å²) in [6.07, 6.45) is -2.49. The molecule has 0 radical (unpaired) electrons. The SMILES string of the molecule is CN1CCCCC1C(C)(O)C(F)(F)F. The van der Waals surface area contributed by atoms with Crippen molar-refractivity contribution in [2.75, 3.05) is 13.6 Å². The summed E-state index contributed by atoms with van der Waals surface area (Å²) in [6, 6.07) is -0.809. The number of alkyl halides is 3. The molecule has 1 rings (SSSR count). The normalized spacial score (nSPS) is 30.0. The van der Waals surface area contributed by atoms with Gasteiger partial charge in [0.2, 0.25) is 0 Å². The molecule has 0 saturated carbocycles. The summed E-state index contributed by atoms with van der Waals surface area (Å²) < 4.78 is 37.5. The fourth-order valence-corrected chi connectivity index (χ4v) is 1.97. The van der Waals surface area contributed by atoms with Gasteiger partial charge in [-0.3, -0.25) is 0 Å². The first-order chi connectivity index (χ1) is 6.27. The lowest BCUT2D eigenvalue weighted by atomic mass is 9.87. The Balaban J connectivity index is 2.79. The lowest BCUT2D eigenvalue weighted by molar-refractivity contribution is -0.275. The van der Waals surface area contributed by atoms with Crippen LogP contribution in [0.5, 0.6) is 0 Å². The van der Waals surface area contributed by atoms with Gasteiger partial charge in [-0.25, -0.2) is 0 Å². The Morgan fingerprint density at radius 2 is 1.86 bits per heavy atom. The monoisotopic (exact) mass is 211 g/mol. The Kier molecular flexibility index (Phi) is 3.11. The van der Waals surface area contributed by atoms with Crippen molar-refractivity contribution in [3.05, 3.63) is 0 Å². The topological polar surface area (TPSA) is 23.5 Å². The number of likely N-dealkylation sites (tertiary alicyclic amines) is 1. The molecule has 0 aromatic heterocycles. The molecule has 2 unspecified atom stereocenters. The highest BCUT2D eigenvalue weighted by atomic mass is 19.4.